The number of carbonyl (C=O) groups excluding carboxylic acids is 2. The third-order valence-electron chi connectivity index (χ3n) is 5.24. The highest BCUT2D eigenvalue weighted by atomic mass is 35.5. The van der Waals surface area contributed by atoms with E-state index in [4.69, 9.17) is 11.6 Å². The highest BCUT2D eigenvalue weighted by molar-refractivity contribution is 6.33. The molecule has 2 aliphatic heterocycles. The van der Waals surface area contributed by atoms with Crippen LogP contribution in [0.5, 0.6) is 0 Å². The summed E-state index contributed by atoms with van der Waals surface area (Å²) in [4.78, 5) is 29.1. The van der Waals surface area contributed by atoms with Crippen molar-refractivity contribution in [3.63, 3.8) is 0 Å². The maximum absolute atomic E-state index is 12.9. The van der Waals surface area contributed by atoms with Crippen molar-refractivity contribution in [2.75, 3.05) is 25.0 Å². The molecule has 142 valence electrons. The van der Waals surface area contributed by atoms with Crippen molar-refractivity contribution in [1.29, 1.82) is 0 Å². The van der Waals surface area contributed by atoms with Crippen molar-refractivity contribution in [3.05, 3.63) is 46.2 Å². The minimum atomic E-state index is -0.225. The van der Waals surface area contributed by atoms with Crippen molar-refractivity contribution in [1.82, 2.24) is 19.6 Å². The number of likely N-dealkylation sites (tertiary alicyclic amines) is 1. The molecule has 3 heterocycles. The van der Waals surface area contributed by atoms with Gasteiger partial charge < -0.3 is 15.1 Å². The molecule has 1 aromatic carbocycles. The van der Waals surface area contributed by atoms with Gasteiger partial charge >= 0.3 is 6.03 Å². The maximum Gasteiger partial charge on any atom is 0.322 e. The molecule has 27 heavy (non-hydrogen) atoms. The summed E-state index contributed by atoms with van der Waals surface area (Å²) in [6.45, 7) is 2.50. The zero-order chi connectivity index (χ0) is 19.0. The molecule has 0 aliphatic carbocycles. The number of hydrogen-bond acceptors (Lipinski definition) is 3. The number of hydrogen-bond donors (Lipinski definition) is 1. The van der Waals surface area contributed by atoms with Crippen LogP contribution in [0.15, 0.2) is 24.3 Å². The third kappa shape index (κ3) is 3.39. The number of nitrogens with one attached hydrogen (secondary N) is 1. The van der Waals surface area contributed by atoms with Crippen LogP contribution in [0.25, 0.3) is 0 Å². The van der Waals surface area contributed by atoms with Crippen LogP contribution in [0.4, 0.5) is 10.5 Å². The predicted octanol–water partition coefficient (Wildman–Crippen LogP) is 2.90. The van der Waals surface area contributed by atoms with Gasteiger partial charge in [-0.15, -0.1) is 0 Å². The van der Waals surface area contributed by atoms with Crippen LogP contribution in [0.3, 0.4) is 0 Å². The molecule has 1 fully saturated rings. The molecule has 0 unspecified atom stereocenters. The van der Waals surface area contributed by atoms with Gasteiger partial charge in [0.15, 0.2) is 5.69 Å². The van der Waals surface area contributed by atoms with Gasteiger partial charge in [0.25, 0.3) is 5.91 Å². The number of amides is 3. The van der Waals surface area contributed by atoms with Gasteiger partial charge in [-0.2, -0.15) is 5.10 Å². The Bertz CT molecular complexity index is 888. The van der Waals surface area contributed by atoms with E-state index in [-0.39, 0.29) is 11.9 Å². The molecule has 3 amide bonds. The smallest absolute Gasteiger partial charge is 0.322 e. The summed E-state index contributed by atoms with van der Waals surface area (Å²) in [5.74, 6) is -0.0299. The summed E-state index contributed by atoms with van der Waals surface area (Å²) in [5, 5.41) is 7.82. The van der Waals surface area contributed by atoms with Crippen LogP contribution in [0.2, 0.25) is 5.02 Å². The fraction of sp³-hybridized carbons (Fsp3) is 0.421. The van der Waals surface area contributed by atoms with Crippen LogP contribution in [0.1, 0.15) is 34.6 Å². The summed E-state index contributed by atoms with van der Waals surface area (Å²) in [6.07, 6.45) is 2.74. The highest BCUT2D eigenvalue weighted by Gasteiger charge is 2.32. The first-order valence-electron chi connectivity index (χ1n) is 9.19. The molecule has 1 aromatic heterocycles. The van der Waals surface area contributed by atoms with Crippen LogP contribution >= 0.6 is 11.6 Å². The molecule has 2 aliphatic rings. The van der Waals surface area contributed by atoms with Crippen LogP contribution in [-0.2, 0) is 20.0 Å². The van der Waals surface area contributed by atoms with E-state index < -0.39 is 0 Å². The number of benzene rings is 1. The molecule has 4 rings (SSSR count). The summed E-state index contributed by atoms with van der Waals surface area (Å²) < 4.78 is 1.78. The van der Waals surface area contributed by atoms with E-state index in [9.17, 15) is 9.59 Å². The Hall–Kier alpha value is -2.54. The van der Waals surface area contributed by atoms with Crippen molar-refractivity contribution in [3.8, 4) is 0 Å². The van der Waals surface area contributed by atoms with Gasteiger partial charge in [-0.05, 0) is 25.0 Å². The van der Waals surface area contributed by atoms with E-state index in [1.54, 1.807) is 21.7 Å². The minimum absolute atomic E-state index is 0.0299. The lowest BCUT2D eigenvalue weighted by atomic mass is 10.0. The number of fused-ring (bicyclic) bond motifs is 1. The first-order valence-corrected chi connectivity index (χ1v) is 9.57. The summed E-state index contributed by atoms with van der Waals surface area (Å²) in [7, 11) is 1.86. The monoisotopic (exact) mass is 387 g/mol. The molecule has 7 nitrogen and oxygen atoms in total. The molecule has 0 saturated carbocycles. The lowest BCUT2D eigenvalue weighted by molar-refractivity contribution is 0.0784. The summed E-state index contributed by atoms with van der Waals surface area (Å²) in [5.41, 5.74) is 2.94. The Morgan fingerprint density at radius 2 is 1.85 bits per heavy atom. The molecule has 0 radical (unpaired) electrons. The Balaban J connectivity index is 1.54. The van der Waals surface area contributed by atoms with E-state index >= 15 is 0 Å². The summed E-state index contributed by atoms with van der Waals surface area (Å²) in [6, 6.07) is 6.92. The second kappa shape index (κ2) is 7.23. The van der Waals surface area contributed by atoms with E-state index in [0.717, 1.165) is 37.2 Å². The molecule has 1 N–H and O–H groups in total. The molecule has 1 saturated heterocycles. The average Bonchev–Trinajstić information content (AvgIpc) is 3.31. The Labute approximate surface area is 162 Å². The maximum atomic E-state index is 12.9. The highest BCUT2D eigenvalue weighted by Crippen LogP contribution is 2.26. The average molecular weight is 388 g/mol. The molecule has 0 spiro atoms. The molecular formula is C19H22ClN5O2. The van der Waals surface area contributed by atoms with Gasteiger partial charge in [-0.3, -0.25) is 9.48 Å². The fourth-order valence-corrected chi connectivity index (χ4v) is 3.95. The quantitative estimate of drug-likeness (QED) is 0.861. The van der Waals surface area contributed by atoms with E-state index in [0.29, 0.717) is 35.9 Å². The van der Waals surface area contributed by atoms with Crippen molar-refractivity contribution >= 4 is 29.2 Å². The van der Waals surface area contributed by atoms with Gasteiger partial charge in [0.1, 0.15) is 0 Å². The Morgan fingerprint density at radius 1 is 1.11 bits per heavy atom. The zero-order valence-electron chi connectivity index (χ0n) is 15.2. The number of aryl methyl sites for hydroxylation is 1. The number of rotatable bonds is 2. The standard InChI is InChI=1S/C19H22ClN5O2/c1-23-16-8-11-25(19(27)21-15-7-3-2-6-14(15)20)12-13(16)17(22-23)18(26)24-9-4-5-10-24/h2-3,6-7H,4-5,8-12H2,1H3,(H,21,27). The number of urea groups is 1. The Kier molecular flexibility index (Phi) is 4.78. The van der Waals surface area contributed by atoms with Gasteiger partial charge in [0, 0.05) is 44.4 Å². The number of nitrogens with zero attached hydrogens (tertiary/aromatic N) is 4. The number of halogens is 1. The molecule has 8 heteroatoms. The van der Waals surface area contributed by atoms with E-state index in [1.165, 1.54) is 0 Å². The van der Waals surface area contributed by atoms with Crippen LogP contribution < -0.4 is 5.32 Å². The third-order valence-corrected chi connectivity index (χ3v) is 5.57. The number of anilines is 1. The lowest BCUT2D eigenvalue weighted by Gasteiger charge is -2.28. The number of carbonyl (C=O) groups is 2. The second-order valence-electron chi connectivity index (χ2n) is 6.98. The van der Waals surface area contributed by atoms with Gasteiger partial charge in [-0.25, -0.2) is 4.79 Å². The fourth-order valence-electron chi connectivity index (χ4n) is 3.76. The van der Waals surface area contributed by atoms with Gasteiger partial charge in [-0.1, -0.05) is 23.7 Å². The second-order valence-corrected chi connectivity index (χ2v) is 7.39. The molecular weight excluding hydrogens is 366 g/mol. The normalized spacial score (nSPS) is 16.4. The number of para-hydroxylation sites is 1. The molecule has 0 bridgehead atoms. The van der Waals surface area contributed by atoms with Gasteiger partial charge in [0.05, 0.1) is 17.3 Å². The van der Waals surface area contributed by atoms with Crippen LogP contribution in [0, 0.1) is 0 Å². The summed E-state index contributed by atoms with van der Waals surface area (Å²) >= 11 is 6.13. The SMILES string of the molecule is Cn1nc(C(=O)N2CCCC2)c2c1CCN(C(=O)Nc1ccccc1Cl)C2. The molecule has 2 aromatic rings. The molecule has 0 atom stereocenters. The van der Waals surface area contributed by atoms with E-state index in [2.05, 4.69) is 10.4 Å². The zero-order valence-corrected chi connectivity index (χ0v) is 16.0. The first kappa shape index (κ1) is 17.9. The Morgan fingerprint density at radius 3 is 2.59 bits per heavy atom. The van der Waals surface area contributed by atoms with Crippen molar-refractivity contribution < 1.29 is 9.59 Å². The predicted molar refractivity (Wildman–Crippen MR) is 103 cm³/mol. The first-order chi connectivity index (χ1) is 13.0. The van der Waals surface area contributed by atoms with Crippen molar-refractivity contribution in [2.24, 2.45) is 7.05 Å². The van der Waals surface area contributed by atoms with E-state index in [1.807, 2.05) is 24.1 Å². The topological polar surface area (TPSA) is 70.5 Å². The van der Waals surface area contributed by atoms with Gasteiger partial charge in [0.2, 0.25) is 0 Å². The lowest BCUT2D eigenvalue weighted by Crippen LogP contribution is -2.40. The van der Waals surface area contributed by atoms with Crippen molar-refractivity contribution in [2.45, 2.75) is 25.8 Å². The largest absolute Gasteiger partial charge is 0.337 e. The minimum Gasteiger partial charge on any atom is -0.337 e. The number of aromatic nitrogens is 2. The van der Waals surface area contributed by atoms with Crippen LogP contribution in [-0.4, -0.2) is 51.2 Å².